The molecule has 0 saturated heterocycles. The summed E-state index contributed by atoms with van der Waals surface area (Å²) in [6.07, 6.45) is 5.81. The van der Waals surface area contributed by atoms with Gasteiger partial charge in [-0.2, -0.15) is 0 Å². The zero-order valence-corrected chi connectivity index (χ0v) is 13.7. The minimum absolute atomic E-state index is 0.267. The molecule has 0 fully saturated rings. The number of nitrogens with two attached hydrogens (primary N) is 1. The molecular formula is C18H29N3. The fourth-order valence-electron chi connectivity index (χ4n) is 2.76. The summed E-state index contributed by atoms with van der Waals surface area (Å²) in [6.45, 7) is 8.55. The van der Waals surface area contributed by atoms with Crippen molar-refractivity contribution >= 4 is 11.0 Å². The third-order valence-electron chi connectivity index (χ3n) is 4.25. The van der Waals surface area contributed by atoms with Crippen LogP contribution in [0.4, 0.5) is 0 Å². The standard InChI is InChI=1S/C18H29N3/c1-4-9-17-20-15-10-5-6-11-16(15)21(17)13-8-7-12-18(2,3)14-19/h5-6,10-11H,4,7-9,12-14,19H2,1-3H3. The van der Waals surface area contributed by atoms with Gasteiger partial charge in [0.15, 0.2) is 0 Å². The van der Waals surface area contributed by atoms with E-state index in [0.717, 1.165) is 31.4 Å². The highest BCUT2D eigenvalue weighted by atomic mass is 15.1. The van der Waals surface area contributed by atoms with Crippen molar-refractivity contribution in [3.63, 3.8) is 0 Å². The highest BCUT2D eigenvalue weighted by molar-refractivity contribution is 5.75. The van der Waals surface area contributed by atoms with Gasteiger partial charge in [-0.1, -0.05) is 39.3 Å². The van der Waals surface area contributed by atoms with Crippen molar-refractivity contribution < 1.29 is 0 Å². The molecule has 2 N–H and O–H groups in total. The van der Waals surface area contributed by atoms with Gasteiger partial charge in [-0.3, -0.25) is 0 Å². The third kappa shape index (κ3) is 4.07. The molecule has 0 saturated carbocycles. The average Bonchev–Trinajstić information content (AvgIpc) is 2.82. The number of hydrogen-bond acceptors (Lipinski definition) is 2. The molecule has 0 aliphatic rings. The largest absolute Gasteiger partial charge is 0.330 e. The number of nitrogens with zero attached hydrogens (tertiary/aromatic N) is 2. The van der Waals surface area contributed by atoms with E-state index in [4.69, 9.17) is 10.7 Å². The predicted octanol–water partition coefficient (Wildman–Crippen LogP) is 4.14. The molecule has 1 aromatic heterocycles. The SMILES string of the molecule is CCCc1nc2ccccc2n1CCCCC(C)(C)CN. The van der Waals surface area contributed by atoms with Crippen LogP contribution < -0.4 is 5.73 Å². The van der Waals surface area contributed by atoms with Gasteiger partial charge in [0.1, 0.15) is 5.82 Å². The van der Waals surface area contributed by atoms with Crippen LogP contribution in [0.5, 0.6) is 0 Å². The lowest BCUT2D eigenvalue weighted by molar-refractivity contribution is 0.329. The molecule has 0 amide bonds. The molecule has 2 rings (SSSR count). The Bertz CT molecular complexity index is 569. The summed E-state index contributed by atoms with van der Waals surface area (Å²) in [5.41, 5.74) is 8.48. The first kappa shape index (κ1) is 16.0. The average molecular weight is 287 g/mol. The third-order valence-corrected chi connectivity index (χ3v) is 4.25. The van der Waals surface area contributed by atoms with Crippen LogP contribution in [0.25, 0.3) is 11.0 Å². The lowest BCUT2D eigenvalue weighted by Gasteiger charge is -2.22. The van der Waals surface area contributed by atoms with E-state index in [-0.39, 0.29) is 5.41 Å². The van der Waals surface area contributed by atoms with Crippen LogP contribution in [0, 0.1) is 5.41 Å². The molecule has 3 nitrogen and oxygen atoms in total. The zero-order chi connectivity index (χ0) is 15.3. The number of rotatable bonds is 8. The molecule has 21 heavy (non-hydrogen) atoms. The van der Waals surface area contributed by atoms with Crippen LogP contribution in [0.3, 0.4) is 0 Å². The zero-order valence-electron chi connectivity index (χ0n) is 13.7. The maximum Gasteiger partial charge on any atom is 0.109 e. The topological polar surface area (TPSA) is 43.8 Å². The van der Waals surface area contributed by atoms with Gasteiger partial charge in [0, 0.05) is 13.0 Å². The Kier molecular flexibility index (Phi) is 5.40. The molecule has 1 heterocycles. The minimum atomic E-state index is 0.267. The smallest absolute Gasteiger partial charge is 0.109 e. The Morgan fingerprint density at radius 1 is 1.19 bits per heavy atom. The van der Waals surface area contributed by atoms with E-state index in [1.165, 1.54) is 30.6 Å². The van der Waals surface area contributed by atoms with Crippen LogP contribution >= 0.6 is 0 Å². The van der Waals surface area contributed by atoms with Gasteiger partial charge in [0.25, 0.3) is 0 Å². The first-order valence-corrected chi connectivity index (χ1v) is 8.21. The summed E-state index contributed by atoms with van der Waals surface area (Å²) in [7, 11) is 0. The first-order valence-electron chi connectivity index (χ1n) is 8.21. The van der Waals surface area contributed by atoms with Crippen molar-refractivity contribution in [2.75, 3.05) is 6.54 Å². The molecule has 0 aliphatic heterocycles. The molecule has 116 valence electrons. The second kappa shape index (κ2) is 7.08. The highest BCUT2D eigenvalue weighted by Crippen LogP contribution is 2.23. The van der Waals surface area contributed by atoms with E-state index in [1.807, 2.05) is 0 Å². The van der Waals surface area contributed by atoms with E-state index >= 15 is 0 Å². The van der Waals surface area contributed by atoms with Gasteiger partial charge in [-0.25, -0.2) is 4.98 Å². The summed E-state index contributed by atoms with van der Waals surface area (Å²) in [6, 6.07) is 8.47. The molecule has 0 spiro atoms. The van der Waals surface area contributed by atoms with Gasteiger partial charge in [0.2, 0.25) is 0 Å². The monoisotopic (exact) mass is 287 g/mol. The Labute approximate surface area is 128 Å². The Morgan fingerprint density at radius 3 is 2.67 bits per heavy atom. The molecule has 1 aromatic carbocycles. The number of aryl methyl sites for hydroxylation is 2. The van der Waals surface area contributed by atoms with Crippen molar-refractivity contribution in [2.24, 2.45) is 11.1 Å². The molecular weight excluding hydrogens is 258 g/mol. The Balaban J connectivity index is 2.05. The lowest BCUT2D eigenvalue weighted by Crippen LogP contribution is -2.23. The van der Waals surface area contributed by atoms with Gasteiger partial charge in [-0.15, -0.1) is 0 Å². The van der Waals surface area contributed by atoms with Crippen LogP contribution in [0.2, 0.25) is 0 Å². The van der Waals surface area contributed by atoms with Crippen molar-refractivity contribution in [1.29, 1.82) is 0 Å². The number of fused-ring (bicyclic) bond motifs is 1. The Morgan fingerprint density at radius 2 is 1.95 bits per heavy atom. The summed E-state index contributed by atoms with van der Waals surface area (Å²) in [5.74, 6) is 1.23. The van der Waals surface area contributed by atoms with E-state index in [1.54, 1.807) is 0 Å². The number of aromatic nitrogens is 2. The van der Waals surface area contributed by atoms with Crippen molar-refractivity contribution in [1.82, 2.24) is 9.55 Å². The maximum atomic E-state index is 5.81. The highest BCUT2D eigenvalue weighted by Gasteiger charge is 2.15. The number of unbranched alkanes of at least 4 members (excludes halogenated alkanes) is 1. The van der Waals surface area contributed by atoms with Crippen molar-refractivity contribution in [3.05, 3.63) is 30.1 Å². The van der Waals surface area contributed by atoms with E-state index in [9.17, 15) is 0 Å². The fraction of sp³-hybridized carbons (Fsp3) is 0.611. The predicted molar refractivity (Wildman–Crippen MR) is 90.4 cm³/mol. The number of para-hydroxylation sites is 2. The van der Waals surface area contributed by atoms with Crippen LogP contribution in [-0.2, 0) is 13.0 Å². The number of imidazole rings is 1. The van der Waals surface area contributed by atoms with Crippen LogP contribution in [-0.4, -0.2) is 16.1 Å². The van der Waals surface area contributed by atoms with Crippen molar-refractivity contribution in [2.45, 2.75) is 59.4 Å². The van der Waals surface area contributed by atoms with E-state index in [0.29, 0.717) is 0 Å². The van der Waals surface area contributed by atoms with Crippen LogP contribution in [0.1, 0.15) is 52.3 Å². The van der Waals surface area contributed by atoms with Gasteiger partial charge < -0.3 is 10.3 Å². The maximum absolute atomic E-state index is 5.81. The Hall–Kier alpha value is -1.35. The first-order chi connectivity index (χ1) is 10.1. The van der Waals surface area contributed by atoms with Gasteiger partial charge >= 0.3 is 0 Å². The second-order valence-electron chi connectivity index (χ2n) is 6.74. The lowest BCUT2D eigenvalue weighted by atomic mass is 9.87. The fourth-order valence-corrected chi connectivity index (χ4v) is 2.76. The van der Waals surface area contributed by atoms with Gasteiger partial charge in [0.05, 0.1) is 11.0 Å². The molecule has 0 radical (unpaired) electrons. The summed E-state index contributed by atoms with van der Waals surface area (Å²) >= 11 is 0. The molecule has 0 unspecified atom stereocenters. The number of benzene rings is 1. The summed E-state index contributed by atoms with van der Waals surface area (Å²) < 4.78 is 2.41. The van der Waals surface area contributed by atoms with Crippen molar-refractivity contribution in [3.8, 4) is 0 Å². The van der Waals surface area contributed by atoms with E-state index < -0.39 is 0 Å². The molecule has 0 aliphatic carbocycles. The van der Waals surface area contributed by atoms with Gasteiger partial charge in [-0.05, 0) is 43.4 Å². The van der Waals surface area contributed by atoms with Crippen LogP contribution in [0.15, 0.2) is 24.3 Å². The van der Waals surface area contributed by atoms with E-state index in [2.05, 4.69) is 49.6 Å². The normalized spacial score (nSPS) is 12.2. The summed E-state index contributed by atoms with van der Waals surface area (Å²) in [5, 5.41) is 0. The number of hydrogen-bond donors (Lipinski definition) is 1. The quantitative estimate of drug-likeness (QED) is 0.741. The molecule has 2 aromatic rings. The molecule has 0 bridgehead atoms. The summed E-state index contributed by atoms with van der Waals surface area (Å²) in [4.78, 5) is 4.79. The second-order valence-corrected chi connectivity index (χ2v) is 6.74. The minimum Gasteiger partial charge on any atom is -0.330 e. The molecule has 3 heteroatoms. The molecule has 0 atom stereocenters.